The molecule has 2 aromatic carbocycles. The van der Waals surface area contributed by atoms with Gasteiger partial charge in [0.05, 0.1) is 34.4 Å². The zero-order chi connectivity index (χ0) is 25.3. The molecular formula is C28H35BN2NaO3S2. The van der Waals surface area contributed by atoms with E-state index < -0.39 is 0 Å². The van der Waals surface area contributed by atoms with Crippen LogP contribution in [-0.4, -0.2) is 42.7 Å². The van der Waals surface area contributed by atoms with Crippen LogP contribution in [0.2, 0.25) is 0 Å². The van der Waals surface area contributed by atoms with Crippen molar-refractivity contribution in [2.24, 2.45) is 0 Å². The van der Waals surface area contributed by atoms with Crippen molar-refractivity contribution >= 4 is 37.1 Å². The van der Waals surface area contributed by atoms with Crippen LogP contribution >= 0.6 is 22.7 Å². The van der Waals surface area contributed by atoms with E-state index in [0.717, 1.165) is 45.4 Å². The summed E-state index contributed by atoms with van der Waals surface area (Å²) in [5.74, 6) is -0.158. The van der Waals surface area contributed by atoms with Crippen molar-refractivity contribution in [3.63, 3.8) is 0 Å². The first kappa shape index (κ1) is 35.2. The van der Waals surface area contributed by atoms with Crippen molar-refractivity contribution in [1.29, 1.82) is 0 Å². The second kappa shape index (κ2) is 21.2. The number of aryl methyl sites for hydroxylation is 2. The number of thiazole rings is 2. The van der Waals surface area contributed by atoms with Crippen LogP contribution in [0.4, 0.5) is 0 Å². The Morgan fingerprint density at radius 3 is 1.76 bits per heavy atom. The van der Waals surface area contributed by atoms with Crippen LogP contribution in [0.15, 0.2) is 71.4 Å². The molecule has 0 aliphatic rings. The summed E-state index contributed by atoms with van der Waals surface area (Å²) in [5.41, 5.74) is 4.27. The SMILES string of the molecule is CC.CCOC(=O)CCc1nc(-c2ccccc2)cs1.OCCCc1nc(-c2ccccc2)cs1.[B].[H-].[Na+]. The summed E-state index contributed by atoms with van der Waals surface area (Å²) in [6.07, 6.45) is 2.71. The number of ether oxygens (including phenoxy) is 1. The van der Waals surface area contributed by atoms with E-state index in [4.69, 9.17) is 9.84 Å². The largest absolute Gasteiger partial charge is 1.00 e. The van der Waals surface area contributed by atoms with Gasteiger partial charge >= 0.3 is 35.5 Å². The van der Waals surface area contributed by atoms with E-state index in [0.29, 0.717) is 19.4 Å². The summed E-state index contributed by atoms with van der Waals surface area (Å²) in [6, 6.07) is 20.2. The fourth-order valence-corrected chi connectivity index (χ4v) is 4.66. The summed E-state index contributed by atoms with van der Waals surface area (Å²) >= 11 is 3.25. The first-order valence-corrected chi connectivity index (χ1v) is 13.7. The number of carbonyl (C=O) groups is 1. The topological polar surface area (TPSA) is 72.3 Å². The van der Waals surface area contributed by atoms with Gasteiger partial charge in [-0.05, 0) is 13.3 Å². The van der Waals surface area contributed by atoms with E-state index >= 15 is 0 Å². The minimum Gasteiger partial charge on any atom is -1.00 e. The Kier molecular flexibility index (Phi) is 20.1. The molecule has 0 fully saturated rings. The molecule has 2 heterocycles. The first-order chi connectivity index (χ1) is 17.2. The maximum absolute atomic E-state index is 11.2. The smallest absolute Gasteiger partial charge is 1.00 e. The molecule has 3 radical (unpaired) electrons. The quantitative estimate of drug-likeness (QED) is 0.256. The minimum absolute atomic E-state index is 0. The molecule has 37 heavy (non-hydrogen) atoms. The van der Waals surface area contributed by atoms with Crippen LogP contribution in [-0.2, 0) is 22.4 Å². The summed E-state index contributed by atoms with van der Waals surface area (Å²) in [4.78, 5) is 20.3. The van der Waals surface area contributed by atoms with Gasteiger partial charge in [-0.25, -0.2) is 9.97 Å². The number of benzene rings is 2. The van der Waals surface area contributed by atoms with Crippen LogP contribution in [0.25, 0.3) is 22.5 Å². The molecule has 0 aliphatic heterocycles. The van der Waals surface area contributed by atoms with Crippen LogP contribution in [0, 0.1) is 0 Å². The molecule has 0 amide bonds. The molecule has 1 N–H and O–H groups in total. The fourth-order valence-electron chi connectivity index (χ4n) is 3.01. The number of nitrogens with zero attached hydrogens (tertiary/aromatic N) is 2. The van der Waals surface area contributed by atoms with Crippen LogP contribution in [0.3, 0.4) is 0 Å². The van der Waals surface area contributed by atoms with Crippen LogP contribution in [0.1, 0.15) is 45.1 Å². The van der Waals surface area contributed by atoms with Gasteiger partial charge in [0, 0.05) is 49.7 Å². The maximum Gasteiger partial charge on any atom is 1.00 e. The molecular weight excluding hydrogens is 510 g/mol. The normalized spacial score (nSPS) is 9.41. The monoisotopic (exact) mass is 545 g/mol. The van der Waals surface area contributed by atoms with E-state index in [-0.39, 0.29) is 52.0 Å². The zero-order valence-corrected chi connectivity index (χ0v) is 25.9. The van der Waals surface area contributed by atoms with Crippen molar-refractivity contribution in [2.75, 3.05) is 13.2 Å². The van der Waals surface area contributed by atoms with Gasteiger partial charge in [-0.3, -0.25) is 4.79 Å². The van der Waals surface area contributed by atoms with Crippen molar-refractivity contribution in [3.05, 3.63) is 81.4 Å². The molecule has 5 nitrogen and oxygen atoms in total. The molecule has 0 spiro atoms. The number of hydrogen-bond acceptors (Lipinski definition) is 7. The number of aliphatic hydroxyl groups excluding tert-OH is 1. The zero-order valence-electron chi connectivity index (χ0n) is 23.2. The number of aromatic nitrogens is 2. The van der Waals surface area contributed by atoms with Crippen LogP contribution < -0.4 is 29.6 Å². The molecule has 0 aliphatic carbocycles. The molecule has 0 atom stereocenters. The van der Waals surface area contributed by atoms with Crippen molar-refractivity contribution in [2.45, 2.75) is 46.5 Å². The molecule has 191 valence electrons. The van der Waals surface area contributed by atoms with Crippen molar-refractivity contribution in [1.82, 2.24) is 9.97 Å². The van der Waals surface area contributed by atoms with Gasteiger partial charge in [0.15, 0.2) is 0 Å². The Labute approximate surface area is 254 Å². The summed E-state index contributed by atoms with van der Waals surface area (Å²) in [7, 11) is 0. The summed E-state index contributed by atoms with van der Waals surface area (Å²) in [6.45, 7) is 6.49. The Morgan fingerprint density at radius 1 is 0.865 bits per heavy atom. The van der Waals surface area contributed by atoms with Gasteiger partial charge in [-0.1, -0.05) is 74.5 Å². The Bertz CT molecular complexity index is 1120. The third-order valence-electron chi connectivity index (χ3n) is 4.64. The number of hydrogen-bond donors (Lipinski definition) is 1. The summed E-state index contributed by atoms with van der Waals surface area (Å²) in [5, 5.41) is 14.9. The molecule has 0 saturated carbocycles. The van der Waals surface area contributed by atoms with Crippen LogP contribution in [0.5, 0.6) is 0 Å². The third-order valence-corrected chi connectivity index (χ3v) is 6.46. The second-order valence-electron chi connectivity index (χ2n) is 7.12. The van der Waals surface area contributed by atoms with Crippen molar-refractivity contribution < 1.29 is 45.6 Å². The molecule has 4 rings (SSSR count). The standard InChI is InChI=1S/C14H15NO2S.C12H13NOS.C2H6.B.Na.H/c1-2-17-14(16)9-8-13-15-12(10-18-13)11-6-4-3-5-7-11;14-8-4-7-12-13-11(9-15-12)10-5-2-1-3-6-10;1-2;;;/h3-7,10H,2,8-9H2,1H3;1-3,5-6,9,14H,4,7-8H2;1-2H3;;;/q;;;;+1;-1. The van der Waals surface area contributed by atoms with E-state index in [1.54, 1.807) is 22.7 Å². The van der Waals surface area contributed by atoms with E-state index in [9.17, 15) is 4.79 Å². The first-order valence-electron chi connectivity index (χ1n) is 12.0. The average Bonchev–Trinajstić information content (AvgIpc) is 3.59. The van der Waals surface area contributed by atoms with Gasteiger partial charge in [0.1, 0.15) is 0 Å². The van der Waals surface area contributed by atoms with E-state index in [1.807, 2.05) is 74.7 Å². The fraction of sp³-hybridized carbons (Fsp3) is 0.321. The number of esters is 1. The van der Waals surface area contributed by atoms with E-state index in [2.05, 4.69) is 27.5 Å². The third kappa shape index (κ3) is 13.0. The molecule has 4 aromatic rings. The predicted molar refractivity (Wildman–Crippen MR) is 154 cm³/mol. The number of aliphatic hydroxyl groups is 1. The molecule has 0 unspecified atom stereocenters. The Morgan fingerprint density at radius 2 is 1.32 bits per heavy atom. The van der Waals surface area contributed by atoms with E-state index in [1.165, 1.54) is 0 Å². The van der Waals surface area contributed by atoms with Gasteiger partial charge in [-0.2, -0.15) is 0 Å². The molecule has 9 heteroatoms. The Balaban J connectivity index is 0. The predicted octanol–water partition coefficient (Wildman–Crippen LogP) is 3.80. The number of carbonyl (C=O) groups excluding carboxylic acids is 1. The minimum atomic E-state index is -0.158. The average molecular weight is 546 g/mol. The molecule has 2 aromatic heterocycles. The van der Waals surface area contributed by atoms with Gasteiger partial charge < -0.3 is 11.3 Å². The Hall–Kier alpha value is -1.81. The maximum atomic E-state index is 11.2. The van der Waals surface area contributed by atoms with Gasteiger partial charge in [-0.15, -0.1) is 22.7 Å². The molecule has 0 saturated heterocycles. The number of rotatable bonds is 9. The van der Waals surface area contributed by atoms with Gasteiger partial charge in [0.25, 0.3) is 0 Å². The molecule has 0 bridgehead atoms. The van der Waals surface area contributed by atoms with Crippen molar-refractivity contribution in [3.8, 4) is 22.5 Å². The van der Waals surface area contributed by atoms with Gasteiger partial charge in [0.2, 0.25) is 0 Å². The second-order valence-corrected chi connectivity index (χ2v) is 9.00. The summed E-state index contributed by atoms with van der Waals surface area (Å²) < 4.78 is 4.89.